The Kier molecular flexibility index (Phi) is 3.79. The number of carbonyl (C=O) groups excluding carboxylic acids is 1. The number of nitrogens with zero attached hydrogens (tertiary/aromatic N) is 3. The summed E-state index contributed by atoms with van der Waals surface area (Å²) in [6, 6.07) is -0.210. The molecule has 0 aliphatic heterocycles. The lowest BCUT2D eigenvalue weighted by Crippen LogP contribution is -2.31. The number of aromatic amines is 2. The summed E-state index contributed by atoms with van der Waals surface area (Å²) in [6.45, 7) is 2.03. The van der Waals surface area contributed by atoms with Crippen molar-refractivity contribution in [3.63, 3.8) is 0 Å². The average Bonchev–Trinajstić information content (AvgIpc) is 2.97. The minimum absolute atomic E-state index is 0.0275. The smallest absolute Gasteiger partial charge is 0.339 e. The quantitative estimate of drug-likeness (QED) is 0.711. The predicted octanol–water partition coefficient (Wildman–Crippen LogP) is 0.103. The van der Waals surface area contributed by atoms with Crippen molar-refractivity contribution in [3.8, 4) is 0 Å². The summed E-state index contributed by atoms with van der Waals surface area (Å²) in [5.41, 5.74) is -0.505. The summed E-state index contributed by atoms with van der Waals surface area (Å²) < 4.78 is 1.86. The van der Waals surface area contributed by atoms with Crippen LogP contribution in [0, 0.1) is 0 Å². The van der Waals surface area contributed by atoms with Crippen LogP contribution in [0.1, 0.15) is 42.3 Å². The maximum Gasteiger partial charge on any atom is 0.341 e. The number of hydrogen-bond acceptors (Lipinski definition) is 4. The summed E-state index contributed by atoms with van der Waals surface area (Å²) in [5, 5.41) is 8.57. The molecule has 2 rings (SSSR count). The molecule has 3 N–H and O–H groups in total. The van der Waals surface area contributed by atoms with E-state index in [0.29, 0.717) is 0 Å². The van der Waals surface area contributed by atoms with Crippen LogP contribution in [0.4, 0.5) is 0 Å². The number of rotatable bonds is 5. The van der Waals surface area contributed by atoms with Gasteiger partial charge in [-0.15, -0.1) is 5.10 Å². The summed E-state index contributed by atoms with van der Waals surface area (Å²) in [4.78, 5) is 29.4. The number of hydrogen-bond donors (Lipinski definition) is 3. The molecule has 0 aliphatic carbocycles. The Hall–Kier alpha value is -2.38. The largest absolute Gasteiger partial charge is 0.341 e. The molecule has 0 unspecified atom stereocenters. The lowest BCUT2D eigenvalue weighted by Gasteiger charge is -2.16. The molecule has 1 amide bonds. The highest BCUT2D eigenvalue weighted by molar-refractivity contribution is 5.90. The second kappa shape index (κ2) is 5.51. The molecule has 0 bridgehead atoms. The second-order valence-electron chi connectivity index (χ2n) is 4.24. The van der Waals surface area contributed by atoms with Gasteiger partial charge in [0.15, 0.2) is 0 Å². The van der Waals surface area contributed by atoms with Crippen molar-refractivity contribution in [2.45, 2.75) is 25.8 Å². The van der Waals surface area contributed by atoms with E-state index in [0.717, 1.165) is 18.7 Å². The first-order valence-electron chi connectivity index (χ1n) is 6.04. The van der Waals surface area contributed by atoms with E-state index in [1.54, 1.807) is 6.20 Å². The van der Waals surface area contributed by atoms with Crippen molar-refractivity contribution in [3.05, 3.63) is 34.5 Å². The fourth-order valence-electron chi connectivity index (χ4n) is 1.87. The van der Waals surface area contributed by atoms with E-state index in [9.17, 15) is 9.59 Å². The van der Waals surface area contributed by atoms with Crippen LogP contribution in [0.25, 0.3) is 0 Å². The Morgan fingerprint density at radius 1 is 1.58 bits per heavy atom. The number of nitrogens with one attached hydrogen (secondary N) is 3. The van der Waals surface area contributed by atoms with Crippen molar-refractivity contribution in [2.75, 3.05) is 0 Å². The minimum atomic E-state index is -0.505. The molecule has 8 heteroatoms. The van der Waals surface area contributed by atoms with Gasteiger partial charge < -0.3 is 9.88 Å². The van der Waals surface area contributed by atoms with Gasteiger partial charge in [0.25, 0.3) is 5.91 Å². The Bertz CT molecular complexity index is 610. The normalized spacial score (nSPS) is 12.3. The molecule has 0 spiro atoms. The topological polar surface area (TPSA) is 108 Å². The van der Waals surface area contributed by atoms with Crippen LogP contribution in [0.3, 0.4) is 0 Å². The molecule has 102 valence electrons. The van der Waals surface area contributed by atoms with Gasteiger partial charge in [0.1, 0.15) is 5.82 Å². The highest BCUT2D eigenvalue weighted by Crippen LogP contribution is 2.16. The zero-order valence-electron chi connectivity index (χ0n) is 10.8. The standard InChI is InChI=1S/C11H16N6O2/c1-3-4-7(9-12-5-6-17(9)2)13-10(18)8-14-11(19)16-15-8/h5-7H,3-4H2,1-2H3,(H,13,18)(H2,14,15,16,19)/t7-/m1/s1. The highest BCUT2D eigenvalue weighted by atomic mass is 16.2. The first kappa shape index (κ1) is 13.1. The van der Waals surface area contributed by atoms with Crippen LogP contribution >= 0.6 is 0 Å². The second-order valence-corrected chi connectivity index (χ2v) is 4.24. The first-order chi connectivity index (χ1) is 9.11. The number of H-pyrrole nitrogens is 2. The number of aromatic nitrogens is 5. The van der Waals surface area contributed by atoms with Crippen LogP contribution < -0.4 is 11.0 Å². The lowest BCUT2D eigenvalue weighted by molar-refractivity contribution is 0.0922. The maximum absolute atomic E-state index is 11.9. The third-order valence-electron chi connectivity index (χ3n) is 2.77. The van der Waals surface area contributed by atoms with Gasteiger partial charge in [-0.25, -0.2) is 14.9 Å². The Labute approximate surface area is 109 Å². The molecule has 0 radical (unpaired) electrons. The van der Waals surface area contributed by atoms with Gasteiger partial charge in [0, 0.05) is 19.4 Å². The van der Waals surface area contributed by atoms with Crippen molar-refractivity contribution in [1.82, 2.24) is 30.0 Å². The molecular weight excluding hydrogens is 248 g/mol. The predicted molar refractivity (Wildman–Crippen MR) is 67.5 cm³/mol. The van der Waals surface area contributed by atoms with Gasteiger partial charge in [-0.05, 0) is 6.42 Å². The number of imidazole rings is 1. The average molecular weight is 264 g/mol. The summed E-state index contributed by atoms with van der Waals surface area (Å²) in [5.74, 6) is 0.313. The molecule has 0 saturated heterocycles. The van der Waals surface area contributed by atoms with E-state index in [2.05, 4.69) is 25.5 Å². The van der Waals surface area contributed by atoms with Crippen LogP contribution in [0.5, 0.6) is 0 Å². The molecule has 0 saturated carbocycles. The maximum atomic E-state index is 11.9. The van der Waals surface area contributed by atoms with E-state index >= 15 is 0 Å². The van der Waals surface area contributed by atoms with Crippen molar-refractivity contribution >= 4 is 5.91 Å². The molecule has 19 heavy (non-hydrogen) atoms. The van der Waals surface area contributed by atoms with Crippen LogP contribution in [0.2, 0.25) is 0 Å². The molecule has 1 atom stereocenters. The van der Waals surface area contributed by atoms with Crippen LogP contribution in [-0.2, 0) is 7.05 Å². The summed E-state index contributed by atoms with van der Waals surface area (Å²) in [6.07, 6.45) is 5.15. The minimum Gasteiger partial charge on any atom is -0.339 e. The van der Waals surface area contributed by atoms with Crippen LogP contribution in [-0.4, -0.2) is 30.6 Å². The fourth-order valence-corrected chi connectivity index (χ4v) is 1.87. The lowest BCUT2D eigenvalue weighted by atomic mass is 10.1. The number of aryl methyl sites for hydroxylation is 1. The molecule has 0 fully saturated rings. The number of carbonyl (C=O) groups is 1. The van der Waals surface area contributed by atoms with Gasteiger partial charge in [-0.2, -0.15) is 0 Å². The third-order valence-corrected chi connectivity index (χ3v) is 2.77. The first-order valence-corrected chi connectivity index (χ1v) is 6.04. The summed E-state index contributed by atoms with van der Waals surface area (Å²) in [7, 11) is 1.87. The SMILES string of the molecule is CCC[C@@H](NC(=O)c1n[nH]c(=O)[nH]1)c1nccn1C. The van der Waals surface area contributed by atoms with Gasteiger partial charge >= 0.3 is 5.69 Å². The Morgan fingerprint density at radius 2 is 2.37 bits per heavy atom. The zero-order chi connectivity index (χ0) is 13.8. The fraction of sp³-hybridized carbons (Fsp3) is 0.455. The van der Waals surface area contributed by atoms with E-state index in [-0.39, 0.29) is 11.9 Å². The number of amides is 1. The molecule has 0 aliphatic rings. The van der Waals surface area contributed by atoms with E-state index < -0.39 is 11.6 Å². The van der Waals surface area contributed by atoms with Gasteiger partial charge in [-0.1, -0.05) is 13.3 Å². The molecule has 2 heterocycles. The molecule has 2 aromatic rings. The van der Waals surface area contributed by atoms with Gasteiger partial charge in [0.05, 0.1) is 6.04 Å². The van der Waals surface area contributed by atoms with Crippen molar-refractivity contribution in [1.29, 1.82) is 0 Å². The third kappa shape index (κ3) is 2.90. The van der Waals surface area contributed by atoms with Crippen molar-refractivity contribution in [2.24, 2.45) is 7.05 Å². The van der Waals surface area contributed by atoms with Gasteiger partial charge in [0.2, 0.25) is 5.82 Å². The Morgan fingerprint density at radius 3 is 2.89 bits per heavy atom. The molecular formula is C11H16N6O2. The van der Waals surface area contributed by atoms with E-state index in [1.807, 2.05) is 24.7 Å². The van der Waals surface area contributed by atoms with E-state index in [1.165, 1.54) is 0 Å². The molecule has 8 nitrogen and oxygen atoms in total. The Balaban J connectivity index is 2.15. The molecule has 2 aromatic heterocycles. The summed E-state index contributed by atoms with van der Waals surface area (Å²) >= 11 is 0. The van der Waals surface area contributed by atoms with Gasteiger partial charge in [-0.3, -0.25) is 9.78 Å². The molecule has 0 aromatic carbocycles. The van der Waals surface area contributed by atoms with Crippen LogP contribution in [0.15, 0.2) is 17.2 Å². The highest BCUT2D eigenvalue weighted by Gasteiger charge is 2.20. The van der Waals surface area contributed by atoms with Crippen molar-refractivity contribution < 1.29 is 4.79 Å². The monoisotopic (exact) mass is 264 g/mol. The zero-order valence-corrected chi connectivity index (χ0v) is 10.8. The van der Waals surface area contributed by atoms with E-state index in [4.69, 9.17) is 0 Å².